The number of thioether (sulfide) groups is 1. The number of methoxy groups -OCH3 is 1. The Balaban J connectivity index is 1.89. The molecule has 1 amide bonds. The highest BCUT2D eigenvalue weighted by Crippen LogP contribution is 2.28. The normalized spacial score (nSPS) is 20.2. The molecule has 116 valence electrons. The third-order valence-corrected chi connectivity index (χ3v) is 6.59. The second-order valence-corrected chi connectivity index (χ2v) is 8.68. The Bertz CT molecular complexity index is 633. The van der Waals surface area contributed by atoms with Crippen LogP contribution in [0.1, 0.15) is 6.42 Å². The van der Waals surface area contributed by atoms with Crippen molar-refractivity contribution in [2.45, 2.75) is 11.7 Å². The van der Waals surface area contributed by atoms with E-state index in [1.165, 1.54) is 18.9 Å². The van der Waals surface area contributed by atoms with Crippen LogP contribution in [0.3, 0.4) is 0 Å². The lowest BCUT2D eigenvalue weighted by Gasteiger charge is -2.11. The number of sulfone groups is 1. The van der Waals surface area contributed by atoms with Gasteiger partial charge < -0.3 is 10.1 Å². The molecule has 1 aromatic rings. The molecule has 1 aliphatic heterocycles. The largest absolute Gasteiger partial charge is 0.495 e. The number of amides is 1. The van der Waals surface area contributed by atoms with Crippen LogP contribution in [0, 0.1) is 0 Å². The minimum atomic E-state index is -2.91. The van der Waals surface area contributed by atoms with E-state index in [0.29, 0.717) is 22.9 Å². The van der Waals surface area contributed by atoms with Gasteiger partial charge in [-0.3, -0.25) is 4.79 Å². The van der Waals surface area contributed by atoms with E-state index in [1.807, 2.05) is 0 Å². The average molecular weight is 350 g/mol. The Morgan fingerprint density at radius 1 is 1.52 bits per heavy atom. The number of rotatable bonds is 5. The molecule has 0 aliphatic carbocycles. The van der Waals surface area contributed by atoms with E-state index in [-0.39, 0.29) is 28.4 Å². The Hall–Kier alpha value is -0.920. The summed E-state index contributed by atoms with van der Waals surface area (Å²) in [6.07, 6.45) is 0.612. The topological polar surface area (TPSA) is 72.5 Å². The molecule has 8 heteroatoms. The maximum atomic E-state index is 11.9. The third-order valence-electron chi connectivity index (χ3n) is 3.08. The second-order valence-electron chi connectivity index (χ2n) is 4.73. The molecule has 0 unspecified atom stereocenters. The Kier molecular flexibility index (Phi) is 5.40. The molecule has 0 radical (unpaired) electrons. The van der Waals surface area contributed by atoms with Crippen LogP contribution < -0.4 is 10.1 Å². The van der Waals surface area contributed by atoms with E-state index in [0.717, 1.165) is 0 Å². The van der Waals surface area contributed by atoms with E-state index in [4.69, 9.17) is 16.3 Å². The smallest absolute Gasteiger partial charge is 0.234 e. The number of ether oxygens (including phenoxy) is 1. The van der Waals surface area contributed by atoms with Crippen LogP contribution in [0.2, 0.25) is 5.02 Å². The summed E-state index contributed by atoms with van der Waals surface area (Å²) in [5, 5.41) is 3.23. The van der Waals surface area contributed by atoms with E-state index in [9.17, 15) is 13.2 Å². The van der Waals surface area contributed by atoms with Gasteiger partial charge in [0.15, 0.2) is 9.84 Å². The number of benzene rings is 1. The first-order valence-electron chi connectivity index (χ1n) is 6.35. The van der Waals surface area contributed by atoms with Crippen molar-refractivity contribution in [3.63, 3.8) is 0 Å². The summed E-state index contributed by atoms with van der Waals surface area (Å²) in [5.74, 6) is 0.904. The van der Waals surface area contributed by atoms with Gasteiger partial charge in [0.2, 0.25) is 5.91 Å². The molecule has 1 fully saturated rings. The summed E-state index contributed by atoms with van der Waals surface area (Å²) in [5.41, 5.74) is 0.509. The molecule has 1 aromatic carbocycles. The second kappa shape index (κ2) is 6.89. The van der Waals surface area contributed by atoms with Crippen LogP contribution in [0.15, 0.2) is 18.2 Å². The first-order valence-corrected chi connectivity index (χ1v) is 9.60. The van der Waals surface area contributed by atoms with E-state index >= 15 is 0 Å². The first-order chi connectivity index (χ1) is 9.89. The van der Waals surface area contributed by atoms with E-state index in [1.54, 1.807) is 18.2 Å². The molecule has 1 aliphatic rings. The predicted octanol–water partition coefficient (Wildman–Crippen LogP) is 2.21. The van der Waals surface area contributed by atoms with Gasteiger partial charge in [-0.1, -0.05) is 11.6 Å². The fourth-order valence-electron chi connectivity index (χ4n) is 2.05. The molecule has 0 spiro atoms. The van der Waals surface area contributed by atoms with Gasteiger partial charge in [0.25, 0.3) is 0 Å². The van der Waals surface area contributed by atoms with Crippen molar-refractivity contribution >= 4 is 44.8 Å². The Morgan fingerprint density at radius 3 is 2.90 bits per heavy atom. The summed E-state index contributed by atoms with van der Waals surface area (Å²) in [4.78, 5) is 11.9. The molecule has 1 saturated heterocycles. The van der Waals surface area contributed by atoms with E-state index < -0.39 is 9.84 Å². The molecule has 0 saturated carbocycles. The van der Waals surface area contributed by atoms with Gasteiger partial charge >= 0.3 is 0 Å². The number of nitrogens with one attached hydrogen (secondary N) is 1. The summed E-state index contributed by atoms with van der Waals surface area (Å²) in [6.45, 7) is 0. The molecule has 2 rings (SSSR count). The van der Waals surface area contributed by atoms with Crippen LogP contribution in [-0.4, -0.2) is 43.9 Å². The number of carbonyl (C=O) groups is 1. The number of hydrogen-bond acceptors (Lipinski definition) is 5. The van der Waals surface area contributed by atoms with Gasteiger partial charge in [-0.25, -0.2) is 8.42 Å². The lowest BCUT2D eigenvalue weighted by atomic mass is 10.3. The standard InChI is InChI=1S/C13H16ClNO4S2/c1-19-12-3-2-9(14)6-11(12)15-13(16)7-20-10-4-5-21(17,18)8-10/h2-3,6,10H,4-5,7-8H2,1H3,(H,15,16)/t10-/m1/s1. The van der Waals surface area contributed by atoms with Gasteiger partial charge in [0, 0.05) is 10.3 Å². The highest BCUT2D eigenvalue weighted by atomic mass is 35.5. The van der Waals surface area contributed by atoms with Crippen LogP contribution in [0.5, 0.6) is 5.75 Å². The monoisotopic (exact) mass is 349 g/mol. The van der Waals surface area contributed by atoms with Crippen molar-refractivity contribution in [3.8, 4) is 5.75 Å². The summed E-state index contributed by atoms with van der Waals surface area (Å²) < 4.78 is 27.9. The lowest BCUT2D eigenvalue weighted by Crippen LogP contribution is -2.17. The van der Waals surface area contributed by atoms with Crippen molar-refractivity contribution in [1.29, 1.82) is 0 Å². The van der Waals surface area contributed by atoms with Gasteiger partial charge in [-0.15, -0.1) is 11.8 Å². The van der Waals surface area contributed by atoms with Crippen molar-refractivity contribution < 1.29 is 17.9 Å². The molecule has 1 atom stereocenters. The van der Waals surface area contributed by atoms with E-state index in [2.05, 4.69) is 5.32 Å². The van der Waals surface area contributed by atoms with Gasteiger partial charge in [-0.05, 0) is 24.6 Å². The highest BCUT2D eigenvalue weighted by Gasteiger charge is 2.28. The summed E-state index contributed by atoms with van der Waals surface area (Å²) in [6, 6.07) is 4.96. The third kappa shape index (κ3) is 4.79. The minimum Gasteiger partial charge on any atom is -0.495 e. The number of carbonyl (C=O) groups excluding carboxylic acids is 1. The fourth-order valence-corrected chi connectivity index (χ4v) is 5.67. The molecule has 1 heterocycles. The Labute approximate surface area is 133 Å². The molecule has 0 aromatic heterocycles. The zero-order chi connectivity index (χ0) is 15.5. The molecular weight excluding hydrogens is 334 g/mol. The zero-order valence-corrected chi connectivity index (χ0v) is 13.9. The van der Waals surface area contributed by atoms with Crippen molar-refractivity contribution in [2.24, 2.45) is 0 Å². The molecule has 21 heavy (non-hydrogen) atoms. The first kappa shape index (κ1) is 16.5. The number of anilines is 1. The Morgan fingerprint density at radius 2 is 2.29 bits per heavy atom. The van der Waals surface area contributed by atoms with Gasteiger partial charge in [0.05, 0.1) is 30.1 Å². The number of hydrogen-bond donors (Lipinski definition) is 1. The maximum Gasteiger partial charge on any atom is 0.234 e. The maximum absolute atomic E-state index is 11.9. The number of halogens is 1. The minimum absolute atomic E-state index is 0.00186. The quantitative estimate of drug-likeness (QED) is 0.882. The van der Waals surface area contributed by atoms with Crippen LogP contribution >= 0.6 is 23.4 Å². The average Bonchev–Trinajstić information content (AvgIpc) is 2.76. The fraction of sp³-hybridized carbons (Fsp3) is 0.462. The predicted molar refractivity (Wildman–Crippen MR) is 86.2 cm³/mol. The summed E-state index contributed by atoms with van der Waals surface area (Å²) >= 11 is 7.26. The van der Waals surface area contributed by atoms with Crippen molar-refractivity contribution in [2.75, 3.05) is 29.7 Å². The molecular formula is C13H16ClNO4S2. The van der Waals surface area contributed by atoms with Gasteiger partial charge in [-0.2, -0.15) is 0 Å². The molecule has 1 N–H and O–H groups in total. The molecule has 0 bridgehead atoms. The summed E-state index contributed by atoms with van der Waals surface area (Å²) in [7, 11) is -1.40. The van der Waals surface area contributed by atoms with Crippen molar-refractivity contribution in [3.05, 3.63) is 23.2 Å². The lowest BCUT2D eigenvalue weighted by molar-refractivity contribution is -0.113. The van der Waals surface area contributed by atoms with Crippen LogP contribution in [-0.2, 0) is 14.6 Å². The van der Waals surface area contributed by atoms with Crippen molar-refractivity contribution in [1.82, 2.24) is 0 Å². The zero-order valence-electron chi connectivity index (χ0n) is 11.5. The van der Waals surface area contributed by atoms with Crippen LogP contribution in [0.4, 0.5) is 5.69 Å². The molecule has 5 nitrogen and oxygen atoms in total. The van der Waals surface area contributed by atoms with Gasteiger partial charge in [0.1, 0.15) is 5.75 Å². The SMILES string of the molecule is COc1ccc(Cl)cc1NC(=O)CS[C@@H]1CCS(=O)(=O)C1. The highest BCUT2D eigenvalue weighted by molar-refractivity contribution is 8.02. The van der Waals surface area contributed by atoms with Crippen LogP contribution in [0.25, 0.3) is 0 Å².